The summed E-state index contributed by atoms with van der Waals surface area (Å²) < 4.78 is 39.8. The number of aromatic amines is 1. The molecule has 4 rings (SSSR count). The first-order chi connectivity index (χ1) is 23.1. The number of thioether (sulfide) groups is 1. The number of alkyl halides is 3. The fourth-order valence-corrected chi connectivity index (χ4v) is 6.80. The minimum Gasteiger partial charge on any atom is -0.368 e. The number of amides is 5. The first-order valence-corrected chi connectivity index (χ1v) is 17.1. The molecular formula is C33H38ClF3N6O5S. The number of halogens is 4. The van der Waals surface area contributed by atoms with Gasteiger partial charge in [-0.05, 0) is 41.8 Å². The van der Waals surface area contributed by atoms with Crippen molar-refractivity contribution >= 4 is 63.8 Å². The van der Waals surface area contributed by atoms with E-state index in [-0.39, 0.29) is 24.3 Å². The van der Waals surface area contributed by atoms with Gasteiger partial charge in [-0.3, -0.25) is 24.0 Å². The summed E-state index contributed by atoms with van der Waals surface area (Å²) in [7, 11) is 2.83. The fourth-order valence-electron chi connectivity index (χ4n) is 5.65. The summed E-state index contributed by atoms with van der Waals surface area (Å²) in [6.07, 6.45) is -2.32. The lowest BCUT2D eigenvalue weighted by molar-refractivity contribution is -0.143. The molecule has 1 aliphatic rings. The van der Waals surface area contributed by atoms with Crippen molar-refractivity contribution in [1.82, 2.24) is 25.4 Å². The van der Waals surface area contributed by atoms with E-state index in [0.717, 1.165) is 34.2 Å². The van der Waals surface area contributed by atoms with E-state index in [0.29, 0.717) is 34.5 Å². The van der Waals surface area contributed by atoms with Crippen molar-refractivity contribution in [2.45, 2.75) is 63.0 Å². The van der Waals surface area contributed by atoms with E-state index >= 15 is 0 Å². The van der Waals surface area contributed by atoms with Gasteiger partial charge in [-0.1, -0.05) is 43.1 Å². The molecule has 0 aliphatic carbocycles. The molecule has 5 N–H and O–H groups in total. The number of carbonyl (C=O) groups excluding carboxylic acids is 5. The molecule has 0 bridgehead atoms. The summed E-state index contributed by atoms with van der Waals surface area (Å²) >= 11 is 7.19. The van der Waals surface area contributed by atoms with Crippen molar-refractivity contribution in [3.8, 4) is 0 Å². The summed E-state index contributed by atoms with van der Waals surface area (Å²) in [6, 6.07) is 4.56. The van der Waals surface area contributed by atoms with Crippen molar-refractivity contribution in [3.05, 3.63) is 70.4 Å². The van der Waals surface area contributed by atoms with Gasteiger partial charge in [-0.15, -0.1) is 11.8 Å². The van der Waals surface area contributed by atoms with E-state index < -0.39 is 65.4 Å². The third-order valence-corrected chi connectivity index (χ3v) is 9.75. The molecule has 5 amide bonds. The molecule has 0 saturated carbocycles. The number of hydrogen-bond acceptors (Lipinski definition) is 6. The van der Waals surface area contributed by atoms with E-state index in [2.05, 4.69) is 15.6 Å². The van der Waals surface area contributed by atoms with Crippen molar-refractivity contribution in [2.24, 2.45) is 5.73 Å². The van der Waals surface area contributed by atoms with Gasteiger partial charge in [0.05, 0.1) is 11.3 Å². The standard InChI is InChI=1S/C33H38ClF3N6O5S/c1-4-5-26-30(46)40-24(13-19-15-39-23-14-21(34)10-11-22(19)23)32(48)43(3)27(12-18-6-8-20(9-7-18)33(35,36)37)31(47)41-25(29(38)45)16-49-17-28(44)42(26)2/h6-11,14-15,24-27,39H,4-5,12-13,16-17H2,1-3H3,(H2,38,45)(H,40,46)(H,41,47)/t24-,25-,26-,27-/m0/s1. The third-order valence-electron chi connectivity index (χ3n) is 8.49. The third kappa shape index (κ3) is 9.26. The van der Waals surface area contributed by atoms with Crippen LogP contribution in [0.5, 0.6) is 0 Å². The van der Waals surface area contributed by atoms with Gasteiger partial charge in [0.15, 0.2) is 0 Å². The highest BCUT2D eigenvalue weighted by atomic mass is 35.5. The van der Waals surface area contributed by atoms with Gasteiger partial charge in [0.2, 0.25) is 29.5 Å². The highest BCUT2D eigenvalue weighted by molar-refractivity contribution is 8.00. The molecule has 2 heterocycles. The minimum atomic E-state index is -4.58. The maximum absolute atomic E-state index is 14.4. The van der Waals surface area contributed by atoms with Gasteiger partial charge in [0.1, 0.15) is 24.2 Å². The summed E-state index contributed by atoms with van der Waals surface area (Å²) in [5.41, 5.74) is 6.35. The summed E-state index contributed by atoms with van der Waals surface area (Å²) in [5, 5.41) is 6.60. The van der Waals surface area contributed by atoms with Crippen LogP contribution < -0.4 is 16.4 Å². The SMILES string of the molecule is CCC[C@H]1C(=O)N[C@@H](Cc2c[nH]c3cc(Cl)ccc23)C(=O)N(C)[C@@H](Cc2ccc(C(F)(F)F)cc2)C(=O)N[C@H](C(N)=O)CSCC(=O)N1C. The molecule has 11 nitrogen and oxygen atoms in total. The second-order valence-electron chi connectivity index (χ2n) is 11.9. The fraction of sp³-hybridized carbons (Fsp3) is 0.424. The Labute approximate surface area is 290 Å². The largest absolute Gasteiger partial charge is 0.416 e. The van der Waals surface area contributed by atoms with Gasteiger partial charge >= 0.3 is 6.18 Å². The number of H-pyrrole nitrogens is 1. The van der Waals surface area contributed by atoms with Crippen LogP contribution >= 0.6 is 23.4 Å². The summed E-state index contributed by atoms with van der Waals surface area (Å²) in [4.78, 5) is 73.1. The van der Waals surface area contributed by atoms with Crippen LogP contribution in [0, 0.1) is 0 Å². The van der Waals surface area contributed by atoms with Crippen LogP contribution in [0.4, 0.5) is 13.2 Å². The smallest absolute Gasteiger partial charge is 0.368 e. The van der Waals surface area contributed by atoms with Crippen molar-refractivity contribution in [2.75, 3.05) is 25.6 Å². The van der Waals surface area contributed by atoms with Gasteiger partial charge in [-0.2, -0.15) is 13.2 Å². The van der Waals surface area contributed by atoms with Gasteiger partial charge in [0, 0.05) is 54.8 Å². The molecule has 4 atom stereocenters. The Balaban J connectivity index is 1.78. The number of carbonyl (C=O) groups is 5. The number of nitrogens with zero attached hydrogens (tertiary/aromatic N) is 2. The van der Waals surface area contributed by atoms with Crippen LogP contribution in [0.1, 0.15) is 36.5 Å². The number of nitrogens with one attached hydrogen (secondary N) is 3. The van der Waals surface area contributed by atoms with E-state index in [1.54, 1.807) is 24.4 Å². The van der Waals surface area contributed by atoms with E-state index in [9.17, 15) is 37.1 Å². The number of rotatable bonds is 7. The molecular weight excluding hydrogens is 685 g/mol. The van der Waals surface area contributed by atoms with Crippen LogP contribution in [0.25, 0.3) is 10.9 Å². The molecule has 1 fully saturated rings. The number of primary amides is 1. The normalized spacial score (nSPS) is 22.0. The topological polar surface area (TPSA) is 158 Å². The first-order valence-electron chi connectivity index (χ1n) is 15.5. The number of benzene rings is 2. The Kier molecular flexibility index (Phi) is 12.3. The zero-order chi connectivity index (χ0) is 36.0. The van der Waals surface area contributed by atoms with Crippen LogP contribution in [-0.2, 0) is 43.0 Å². The molecule has 2 aromatic carbocycles. The second kappa shape index (κ2) is 16.0. The second-order valence-corrected chi connectivity index (χ2v) is 13.4. The van der Waals surface area contributed by atoms with Crippen LogP contribution in [0.3, 0.4) is 0 Å². The van der Waals surface area contributed by atoms with Crippen LogP contribution in [0.15, 0.2) is 48.7 Å². The highest BCUT2D eigenvalue weighted by Gasteiger charge is 2.37. The van der Waals surface area contributed by atoms with Crippen LogP contribution in [0.2, 0.25) is 5.02 Å². The lowest BCUT2D eigenvalue weighted by atomic mass is 9.99. The number of likely N-dealkylation sites (N-methyl/N-ethyl adjacent to an activating group) is 2. The van der Waals surface area contributed by atoms with Crippen molar-refractivity contribution in [1.29, 1.82) is 0 Å². The predicted molar refractivity (Wildman–Crippen MR) is 181 cm³/mol. The van der Waals surface area contributed by atoms with E-state index in [4.69, 9.17) is 17.3 Å². The molecule has 16 heteroatoms. The highest BCUT2D eigenvalue weighted by Crippen LogP contribution is 2.29. The zero-order valence-corrected chi connectivity index (χ0v) is 28.7. The molecule has 264 valence electrons. The molecule has 0 radical (unpaired) electrons. The van der Waals surface area contributed by atoms with Crippen LogP contribution in [-0.4, -0.2) is 94.1 Å². The van der Waals surface area contributed by atoms with Crippen molar-refractivity contribution < 1.29 is 37.1 Å². The number of aromatic nitrogens is 1. The maximum atomic E-state index is 14.4. The minimum absolute atomic E-state index is 0.0264. The lowest BCUT2D eigenvalue weighted by Gasteiger charge is -2.33. The average molecular weight is 723 g/mol. The maximum Gasteiger partial charge on any atom is 0.416 e. The summed E-state index contributed by atoms with van der Waals surface area (Å²) in [6.45, 7) is 1.85. The Morgan fingerprint density at radius 3 is 2.29 bits per heavy atom. The molecule has 1 aliphatic heterocycles. The molecule has 49 heavy (non-hydrogen) atoms. The first kappa shape index (κ1) is 37.6. The number of nitrogens with two attached hydrogens (primary N) is 1. The Bertz CT molecular complexity index is 1700. The van der Waals surface area contributed by atoms with Crippen molar-refractivity contribution in [3.63, 3.8) is 0 Å². The average Bonchev–Trinajstić information content (AvgIpc) is 3.44. The number of fused-ring (bicyclic) bond motifs is 1. The molecule has 0 spiro atoms. The van der Waals surface area contributed by atoms with Gasteiger partial charge < -0.3 is 31.2 Å². The molecule has 3 aromatic rings. The van der Waals surface area contributed by atoms with E-state index in [1.165, 1.54) is 31.1 Å². The van der Waals surface area contributed by atoms with E-state index in [1.807, 2.05) is 6.92 Å². The zero-order valence-electron chi connectivity index (χ0n) is 27.1. The Hall–Kier alpha value is -4.24. The number of hydrogen-bond donors (Lipinski definition) is 4. The predicted octanol–water partition coefficient (Wildman–Crippen LogP) is 3.28. The summed E-state index contributed by atoms with van der Waals surface area (Å²) in [5.74, 6) is -3.56. The molecule has 1 saturated heterocycles. The van der Waals surface area contributed by atoms with Gasteiger partial charge in [-0.25, -0.2) is 0 Å². The lowest BCUT2D eigenvalue weighted by Crippen LogP contribution is -2.59. The molecule has 1 aromatic heterocycles. The quantitative estimate of drug-likeness (QED) is 0.293. The van der Waals surface area contributed by atoms with Gasteiger partial charge in [0.25, 0.3) is 0 Å². The Morgan fingerprint density at radius 2 is 1.65 bits per heavy atom. The molecule has 0 unspecified atom stereocenters. The Morgan fingerprint density at radius 1 is 0.980 bits per heavy atom. The monoisotopic (exact) mass is 722 g/mol.